The van der Waals surface area contributed by atoms with E-state index in [9.17, 15) is 0 Å². The van der Waals surface area contributed by atoms with Gasteiger partial charge in [0.05, 0.1) is 18.8 Å². The summed E-state index contributed by atoms with van der Waals surface area (Å²) in [4.78, 5) is 4.27. The van der Waals surface area contributed by atoms with Gasteiger partial charge in [0.15, 0.2) is 5.96 Å². The molecule has 0 radical (unpaired) electrons. The molecular formula is C11H15N3O. The zero-order valence-electron chi connectivity index (χ0n) is 8.79. The van der Waals surface area contributed by atoms with Crippen LogP contribution in [0.25, 0.3) is 0 Å². The topological polar surface area (TPSA) is 45.6 Å². The van der Waals surface area contributed by atoms with Crippen molar-refractivity contribution in [3.63, 3.8) is 0 Å². The van der Waals surface area contributed by atoms with E-state index >= 15 is 0 Å². The molecule has 0 spiro atoms. The fourth-order valence-electron chi connectivity index (χ4n) is 1.46. The highest BCUT2D eigenvalue weighted by Crippen LogP contribution is 2.23. The van der Waals surface area contributed by atoms with Gasteiger partial charge >= 0.3 is 0 Å². The molecule has 0 fully saturated rings. The third kappa shape index (κ3) is 2.40. The molecule has 2 N–H and O–H groups in total. The molecule has 0 saturated heterocycles. The number of anilines is 1. The summed E-state index contributed by atoms with van der Waals surface area (Å²) >= 11 is 0. The first-order valence-corrected chi connectivity index (χ1v) is 5.17. The first-order valence-electron chi connectivity index (χ1n) is 5.17. The molecule has 0 amide bonds. The lowest BCUT2D eigenvalue weighted by molar-refractivity contribution is 0.342. The Bertz CT molecular complexity index is 363. The van der Waals surface area contributed by atoms with Crippen molar-refractivity contribution in [2.75, 3.05) is 25.0 Å². The van der Waals surface area contributed by atoms with E-state index in [4.69, 9.17) is 4.74 Å². The van der Waals surface area contributed by atoms with E-state index in [0.29, 0.717) is 6.61 Å². The minimum Gasteiger partial charge on any atom is -0.492 e. The molecule has 4 nitrogen and oxygen atoms in total. The van der Waals surface area contributed by atoms with Crippen molar-refractivity contribution in [3.8, 4) is 5.75 Å². The van der Waals surface area contributed by atoms with Crippen LogP contribution in [0.1, 0.15) is 6.92 Å². The number of benzene rings is 1. The minimum atomic E-state index is 0.665. The number of hydrogen-bond donors (Lipinski definition) is 2. The van der Waals surface area contributed by atoms with E-state index in [1.54, 1.807) is 0 Å². The lowest BCUT2D eigenvalue weighted by atomic mass is 10.3. The third-order valence-electron chi connectivity index (χ3n) is 2.11. The standard InChI is InChI=1S/C11H15N3O/c1-2-15-10-6-4-3-5-9(10)14-11-12-7-8-13-11/h3-6H,2,7-8H2,1H3,(H2,12,13,14). The SMILES string of the molecule is CCOc1ccccc1NC1=NCCN1. The van der Waals surface area contributed by atoms with Gasteiger partial charge in [0.1, 0.15) is 5.75 Å². The Labute approximate surface area is 89.4 Å². The number of guanidine groups is 1. The second-order valence-corrected chi connectivity index (χ2v) is 3.21. The average molecular weight is 205 g/mol. The average Bonchev–Trinajstić information content (AvgIpc) is 2.74. The van der Waals surface area contributed by atoms with Gasteiger partial charge in [-0.3, -0.25) is 4.99 Å². The lowest BCUT2D eigenvalue weighted by Gasteiger charge is -2.11. The molecule has 0 unspecified atom stereocenters. The molecule has 80 valence electrons. The van der Waals surface area contributed by atoms with E-state index in [0.717, 1.165) is 30.5 Å². The Morgan fingerprint density at radius 2 is 2.33 bits per heavy atom. The molecule has 4 heteroatoms. The van der Waals surface area contributed by atoms with Crippen LogP contribution in [0.4, 0.5) is 5.69 Å². The Kier molecular flexibility index (Phi) is 3.07. The number of aliphatic imine (C=N–C) groups is 1. The van der Waals surface area contributed by atoms with Crippen LogP contribution in [-0.2, 0) is 0 Å². The number of ether oxygens (including phenoxy) is 1. The molecule has 1 aromatic rings. The van der Waals surface area contributed by atoms with E-state index < -0.39 is 0 Å². The Balaban J connectivity index is 2.12. The Hall–Kier alpha value is -1.71. The van der Waals surface area contributed by atoms with E-state index in [2.05, 4.69) is 15.6 Å². The molecular weight excluding hydrogens is 190 g/mol. The maximum atomic E-state index is 5.50. The Morgan fingerprint density at radius 3 is 3.07 bits per heavy atom. The maximum absolute atomic E-state index is 5.50. The van der Waals surface area contributed by atoms with Crippen LogP contribution in [0.2, 0.25) is 0 Å². The van der Waals surface area contributed by atoms with Gasteiger partial charge in [-0.05, 0) is 19.1 Å². The number of para-hydroxylation sites is 2. The quantitative estimate of drug-likeness (QED) is 0.785. The zero-order valence-corrected chi connectivity index (χ0v) is 8.79. The fourth-order valence-corrected chi connectivity index (χ4v) is 1.46. The molecule has 15 heavy (non-hydrogen) atoms. The summed E-state index contributed by atoms with van der Waals surface area (Å²) in [6, 6.07) is 7.86. The fraction of sp³-hybridized carbons (Fsp3) is 0.364. The van der Waals surface area contributed by atoms with Gasteiger partial charge in [0.25, 0.3) is 0 Å². The summed E-state index contributed by atoms with van der Waals surface area (Å²) in [6.07, 6.45) is 0. The summed E-state index contributed by atoms with van der Waals surface area (Å²) in [6.45, 7) is 4.37. The van der Waals surface area contributed by atoms with E-state index in [-0.39, 0.29) is 0 Å². The lowest BCUT2D eigenvalue weighted by Crippen LogP contribution is -2.26. The van der Waals surface area contributed by atoms with Crippen LogP contribution in [0, 0.1) is 0 Å². The normalized spacial score (nSPS) is 14.3. The summed E-state index contributed by atoms with van der Waals surface area (Å²) in [5, 5.41) is 6.37. The van der Waals surface area contributed by atoms with Crippen molar-refractivity contribution in [1.29, 1.82) is 0 Å². The molecule has 0 atom stereocenters. The van der Waals surface area contributed by atoms with Gasteiger partial charge in [-0.2, -0.15) is 0 Å². The highest BCUT2D eigenvalue weighted by Gasteiger charge is 2.07. The van der Waals surface area contributed by atoms with Crippen LogP contribution in [0.5, 0.6) is 5.75 Å². The molecule has 1 aliphatic rings. The van der Waals surface area contributed by atoms with Crippen LogP contribution in [0.15, 0.2) is 29.3 Å². The first-order chi connectivity index (χ1) is 7.40. The van der Waals surface area contributed by atoms with E-state index in [1.807, 2.05) is 31.2 Å². The molecule has 0 aromatic heterocycles. The number of nitrogens with zero attached hydrogens (tertiary/aromatic N) is 1. The monoisotopic (exact) mass is 205 g/mol. The van der Waals surface area contributed by atoms with Crippen LogP contribution < -0.4 is 15.4 Å². The molecule has 0 bridgehead atoms. The largest absolute Gasteiger partial charge is 0.492 e. The zero-order chi connectivity index (χ0) is 10.5. The van der Waals surface area contributed by atoms with Crippen molar-refractivity contribution in [1.82, 2.24) is 5.32 Å². The smallest absolute Gasteiger partial charge is 0.196 e. The molecule has 0 saturated carbocycles. The van der Waals surface area contributed by atoms with Crippen molar-refractivity contribution in [3.05, 3.63) is 24.3 Å². The number of nitrogens with one attached hydrogen (secondary N) is 2. The summed E-state index contributed by atoms with van der Waals surface area (Å²) in [5.74, 6) is 1.68. The minimum absolute atomic E-state index is 0.665. The second-order valence-electron chi connectivity index (χ2n) is 3.21. The van der Waals surface area contributed by atoms with Crippen molar-refractivity contribution < 1.29 is 4.74 Å². The number of hydrogen-bond acceptors (Lipinski definition) is 4. The molecule has 2 rings (SSSR count). The summed E-state index contributed by atoms with van der Waals surface area (Å²) in [5.41, 5.74) is 0.951. The van der Waals surface area contributed by atoms with Crippen LogP contribution in [0.3, 0.4) is 0 Å². The van der Waals surface area contributed by atoms with Crippen molar-refractivity contribution >= 4 is 11.6 Å². The Morgan fingerprint density at radius 1 is 1.47 bits per heavy atom. The third-order valence-corrected chi connectivity index (χ3v) is 2.11. The van der Waals surface area contributed by atoms with Crippen molar-refractivity contribution in [2.45, 2.75) is 6.92 Å². The van der Waals surface area contributed by atoms with Crippen LogP contribution >= 0.6 is 0 Å². The van der Waals surface area contributed by atoms with Gasteiger partial charge in [0.2, 0.25) is 0 Å². The van der Waals surface area contributed by atoms with Crippen molar-refractivity contribution in [2.24, 2.45) is 4.99 Å². The maximum Gasteiger partial charge on any atom is 0.196 e. The van der Waals surface area contributed by atoms with Crippen LogP contribution in [-0.4, -0.2) is 25.7 Å². The predicted octanol–water partition coefficient (Wildman–Crippen LogP) is 1.46. The van der Waals surface area contributed by atoms with Gasteiger partial charge in [-0.25, -0.2) is 0 Å². The number of rotatable bonds is 3. The first kappa shape index (κ1) is 9.83. The molecule has 0 aliphatic carbocycles. The second kappa shape index (κ2) is 4.68. The summed E-state index contributed by atoms with van der Waals surface area (Å²) < 4.78 is 5.50. The molecule has 1 aromatic carbocycles. The highest BCUT2D eigenvalue weighted by atomic mass is 16.5. The van der Waals surface area contributed by atoms with E-state index in [1.165, 1.54) is 0 Å². The highest BCUT2D eigenvalue weighted by molar-refractivity contribution is 5.95. The molecule has 1 heterocycles. The van der Waals surface area contributed by atoms with Gasteiger partial charge in [0, 0.05) is 6.54 Å². The van der Waals surface area contributed by atoms with Gasteiger partial charge in [-0.15, -0.1) is 0 Å². The predicted molar refractivity (Wildman–Crippen MR) is 61.5 cm³/mol. The molecule has 1 aliphatic heterocycles. The van der Waals surface area contributed by atoms with Gasteiger partial charge in [-0.1, -0.05) is 12.1 Å². The summed E-state index contributed by atoms with van der Waals surface area (Å²) in [7, 11) is 0. The van der Waals surface area contributed by atoms with Gasteiger partial charge < -0.3 is 15.4 Å².